The van der Waals surface area contributed by atoms with E-state index in [1.165, 1.54) is 13.2 Å². The van der Waals surface area contributed by atoms with E-state index in [-0.39, 0.29) is 23.2 Å². The molecule has 0 bridgehead atoms. The number of pyridine rings is 1. The summed E-state index contributed by atoms with van der Waals surface area (Å²) < 4.78 is 17.8. The maximum absolute atomic E-state index is 13.4. The van der Waals surface area contributed by atoms with E-state index in [0.29, 0.717) is 0 Å². The van der Waals surface area contributed by atoms with E-state index >= 15 is 0 Å². The van der Waals surface area contributed by atoms with Gasteiger partial charge in [0.15, 0.2) is 11.5 Å². The molecule has 0 saturated heterocycles. The SMILES string of the molecule is COC(=O)c1cc(NC(=O)C2CC2)c(F)cn1. The fourth-order valence-electron chi connectivity index (χ4n) is 1.33. The number of carbonyl (C=O) groups is 2. The number of esters is 1. The number of ether oxygens (including phenoxy) is 1. The molecule has 6 heteroatoms. The number of anilines is 1. The first-order valence-electron chi connectivity index (χ1n) is 5.16. The van der Waals surface area contributed by atoms with Crippen LogP contribution in [0.4, 0.5) is 10.1 Å². The van der Waals surface area contributed by atoms with Crippen molar-refractivity contribution >= 4 is 17.6 Å². The number of rotatable bonds is 3. The van der Waals surface area contributed by atoms with Gasteiger partial charge in [0.25, 0.3) is 0 Å². The van der Waals surface area contributed by atoms with E-state index in [4.69, 9.17) is 0 Å². The van der Waals surface area contributed by atoms with Gasteiger partial charge in [0.05, 0.1) is 19.0 Å². The fraction of sp³-hybridized carbons (Fsp3) is 0.364. The second kappa shape index (κ2) is 4.48. The summed E-state index contributed by atoms with van der Waals surface area (Å²) >= 11 is 0. The van der Waals surface area contributed by atoms with Crippen molar-refractivity contribution in [1.29, 1.82) is 0 Å². The van der Waals surface area contributed by atoms with Crippen molar-refractivity contribution in [2.75, 3.05) is 12.4 Å². The van der Waals surface area contributed by atoms with Crippen molar-refractivity contribution in [3.8, 4) is 0 Å². The molecule has 0 unspecified atom stereocenters. The van der Waals surface area contributed by atoms with Gasteiger partial charge in [-0.15, -0.1) is 0 Å². The van der Waals surface area contributed by atoms with E-state index in [9.17, 15) is 14.0 Å². The Morgan fingerprint density at radius 2 is 2.24 bits per heavy atom. The molecule has 1 fully saturated rings. The van der Waals surface area contributed by atoms with Gasteiger partial charge >= 0.3 is 5.97 Å². The minimum absolute atomic E-state index is 0.0378. The van der Waals surface area contributed by atoms with E-state index in [1.54, 1.807) is 0 Å². The van der Waals surface area contributed by atoms with Crippen LogP contribution in [0.2, 0.25) is 0 Å². The highest BCUT2D eigenvalue weighted by Crippen LogP contribution is 2.30. The average Bonchev–Trinajstić information content (AvgIpc) is 3.14. The number of carbonyl (C=O) groups excluding carboxylic acids is 2. The van der Waals surface area contributed by atoms with Crippen molar-refractivity contribution in [2.45, 2.75) is 12.8 Å². The summed E-state index contributed by atoms with van der Waals surface area (Å²) in [5, 5.41) is 2.43. The zero-order valence-electron chi connectivity index (χ0n) is 9.20. The van der Waals surface area contributed by atoms with Crippen LogP contribution in [0.5, 0.6) is 0 Å². The molecule has 17 heavy (non-hydrogen) atoms. The molecule has 0 spiro atoms. The maximum atomic E-state index is 13.4. The van der Waals surface area contributed by atoms with Crippen molar-refractivity contribution in [3.63, 3.8) is 0 Å². The van der Waals surface area contributed by atoms with Gasteiger partial charge in [0.2, 0.25) is 5.91 Å². The number of amides is 1. The van der Waals surface area contributed by atoms with Crippen LogP contribution >= 0.6 is 0 Å². The number of nitrogens with one attached hydrogen (secondary N) is 1. The first-order chi connectivity index (χ1) is 8.11. The van der Waals surface area contributed by atoms with Crippen molar-refractivity contribution in [3.05, 3.63) is 23.8 Å². The highest BCUT2D eigenvalue weighted by molar-refractivity contribution is 5.95. The van der Waals surface area contributed by atoms with Crippen LogP contribution in [0.3, 0.4) is 0 Å². The first kappa shape index (κ1) is 11.5. The molecule has 1 aliphatic carbocycles. The molecule has 0 aromatic carbocycles. The summed E-state index contributed by atoms with van der Waals surface area (Å²) in [5.41, 5.74) is -0.0858. The molecule has 90 valence electrons. The normalized spacial score (nSPS) is 14.2. The summed E-state index contributed by atoms with van der Waals surface area (Å²) in [4.78, 5) is 26.2. The lowest BCUT2D eigenvalue weighted by Gasteiger charge is -2.06. The molecule has 1 aromatic heterocycles. The van der Waals surface area contributed by atoms with Crippen LogP contribution in [-0.2, 0) is 9.53 Å². The van der Waals surface area contributed by atoms with E-state index < -0.39 is 11.8 Å². The lowest BCUT2D eigenvalue weighted by molar-refractivity contribution is -0.117. The Labute approximate surface area is 97.0 Å². The fourth-order valence-corrected chi connectivity index (χ4v) is 1.33. The van der Waals surface area contributed by atoms with E-state index in [2.05, 4.69) is 15.0 Å². The third kappa shape index (κ3) is 2.58. The average molecular weight is 238 g/mol. The summed E-state index contributed by atoms with van der Waals surface area (Å²) in [6, 6.07) is 1.17. The monoisotopic (exact) mass is 238 g/mol. The highest BCUT2D eigenvalue weighted by Gasteiger charge is 2.30. The van der Waals surface area contributed by atoms with Crippen molar-refractivity contribution in [2.24, 2.45) is 5.92 Å². The van der Waals surface area contributed by atoms with Gasteiger partial charge in [0.1, 0.15) is 0 Å². The molecule has 1 saturated carbocycles. The van der Waals surface area contributed by atoms with E-state index in [0.717, 1.165) is 19.0 Å². The van der Waals surface area contributed by atoms with Crippen LogP contribution in [0.15, 0.2) is 12.3 Å². The van der Waals surface area contributed by atoms with Crippen LogP contribution < -0.4 is 5.32 Å². The molecule has 0 radical (unpaired) electrons. The Balaban J connectivity index is 2.19. The zero-order chi connectivity index (χ0) is 12.4. The molecule has 1 amide bonds. The predicted octanol–water partition coefficient (Wildman–Crippen LogP) is 1.36. The minimum Gasteiger partial charge on any atom is -0.464 e. The van der Waals surface area contributed by atoms with Crippen LogP contribution in [0.1, 0.15) is 23.3 Å². The van der Waals surface area contributed by atoms with Gasteiger partial charge in [-0.25, -0.2) is 14.2 Å². The van der Waals surface area contributed by atoms with Gasteiger partial charge in [0, 0.05) is 5.92 Å². The summed E-state index contributed by atoms with van der Waals surface area (Å²) in [6.07, 6.45) is 2.53. The summed E-state index contributed by atoms with van der Waals surface area (Å²) in [5.74, 6) is -1.62. The summed E-state index contributed by atoms with van der Waals surface area (Å²) in [7, 11) is 1.20. The van der Waals surface area contributed by atoms with E-state index in [1.807, 2.05) is 0 Å². The number of methoxy groups -OCH3 is 1. The molecule has 1 aromatic rings. The molecule has 5 nitrogen and oxygen atoms in total. The van der Waals surface area contributed by atoms with Gasteiger partial charge in [-0.05, 0) is 18.9 Å². The zero-order valence-corrected chi connectivity index (χ0v) is 9.20. The Hall–Kier alpha value is -1.98. The number of nitrogens with zero attached hydrogens (tertiary/aromatic N) is 1. The quantitative estimate of drug-likeness (QED) is 0.807. The first-order valence-corrected chi connectivity index (χ1v) is 5.16. The maximum Gasteiger partial charge on any atom is 0.356 e. The molecule has 1 N–H and O–H groups in total. The largest absolute Gasteiger partial charge is 0.464 e. The second-order valence-corrected chi connectivity index (χ2v) is 3.80. The van der Waals surface area contributed by atoms with Gasteiger partial charge < -0.3 is 10.1 Å². The Bertz CT molecular complexity index is 472. The molecule has 0 aliphatic heterocycles. The van der Waals surface area contributed by atoms with Gasteiger partial charge in [-0.1, -0.05) is 0 Å². The third-order valence-electron chi connectivity index (χ3n) is 2.46. The summed E-state index contributed by atoms with van der Waals surface area (Å²) in [6.45, 7) is 0. The molecule has 1 heterocycles. The van der Waals surface area contributed by atoms with Gasteiger partial charge in [-0.2, -0.15) is 0 Å². The number of hydrogen-bond acceptors (Lipinski definition) is 4. The third-order valence-corrected chi connectivity index (χ3v) is 2.46. The standard InChI is InChI=1S/C11H11FN2O3/c1-17-11(16)9-4-8(7(12)5-13-9)14-10(15)6-2-3-6/h4-6H,2-3H2,1H3,(H,13,14,15). The molecule has 0 atom stereocenters. The predicted molar refractivity (Wildman–Crippen MR) is 56.9 cm³/mol. The molecule has 1 aliphatic rings. The number of aromatic nitrogens is 1. The number of hydrogen-bond donors (Lipinski definition) is 1. The number of halogens is 1. The minimum atomic E-state index is -0.674. The Kier molecular flexibility index (Phi) is 3.03. The van der Waals surface area contributed by atoms with Crippen LogP contribution in [0, 0.1) is 11.7 Å². The van der Waals surface area contributed by atoms with Gasteiger partial charge in [-0.3, -0.25) is 4.79 Å². The molecular formula is C11H11FN2O3. The highest BCUT2D eigenvalue weighted by atomic mass is 19.1. The Morgan fingerprint density at radius 1 is 1.53 bits per heavy atom. The smallest absolute Gasteiger partial charge is 0.356 e. The second-order valence-electron chi connectivity index (χ2n) is 3.80. The van der Waals surface area contributed by atoms with Crippen LogP contribution in [0.25, 0.3) is 0 Å². The topological polar surface area (TPSA) is 68.3 Å². The van der Waals surface area contributed by atoms with Crippen molar-refractivity contribution in [1.82, 2.24) is 4.98 Å². The molecular weight excluding hydrogens is 227 g/mol. The lowest BCUT2D eigenvalue weighted by atomic mass is 10.3. The Morgan fingerprint density at radius 3 is 2.82 bits per heavy atom. The van der Waals surface area contributed by atoms with Crippen molar-refractivity contribution < 1.29 is 18.7 Å². The lowest BCUT2D eigenvalue weighted by Crippen LogP contribution is -2.15. The van der Waals surface area contributed by atoms with Crippen LogP contribution in [-0.4, -0.2) is 24.0 Å². The molecule has 2 rings (SSSR count).